The van der Waals surface area contributed by atoms with Gasteiger partial charge in [0, 0.05) is 22.4 Å². The van der Waals surface area contributed by atoms with Gasteiger partial charge in [-0.1, -0.05) is 42.5 Å². The van der Waals surface area contributed by atoms with Gasteiger partial charge < -0.3 is 9.27 Å². The fourth-order valence-corrected chi connectivity index (χ4v) is 1.96. The van der Waals surface area contributed by atoms with Crippen LogP contribution in [0.3, 0.4) is 0 Å². The summed E-state index contributed by atoms with van der Waals surface area (Å²) in [6.45, 7) is 0. The highest BCUT2D eigenvalue weighted by Crippen LogP contribution is 2.19. The molecule has 0 aliphatic heterocycles. The monoisotopic (exact) mass is 260 g/mol. The summed E-state index contributed by atoms with van der Waals surface area (Å²) in [6, 6.07) is 15.2. The highest BCUT2D eigenvalue weighted by Gasteiger charge is 2.12. The van der Waals surface area contributed by atoms with Crippen LogP contribution in [0, 0.1) is 0 Å². The van der Waals surface area contributed by atoms with Crippen LogP contribution in [-0.2, 0) is 11.3 Å². The van der Waals surface area contributed by atoms with E-state index in [4.69, 9.17) is 0 Å². The number of nitrogens with one attached hydrogen (secondary N) is 1. The largest absolute Gasteiger partial charge is 0.755 e. The van der Waals surface area contributed by atoms with Gasteiger partial charge in [-0.05, 0) is 12.1 Å². The number of para-hydroxylation sites is 1. The third kappa shape index (κ3) is 2.82. The van der Waals surface area contributed by atoms with Crippen molar-refractivity contribution in [1.29, 1.82) is 0 Å². The molecule has 5 heteroatoms. The summed E-state index contributed by atoms with van der Waals surface area (Å²) < 4.78 is 23.5. The Morgan fingerprint density at radius 2 is 1.61 bits per heavy atom. The third-order valence-corrected chi connectivity index (χ3v) is 2.79. The zero-order valence-electron chi connectivity index (χ0n) is 9.33. The lowest BCUT2D eigenvalue weighted by Gasteiger charge is -2.12. The molecular formula is C13H10NO3S-. The Labute approximate surface area is 107 Å². The van der Waals surface area contributed by atoms with Gasteiger partial charge in [0.25, 0.3) is 0 Å². The predicted molar refractivity (Wildman–Crippen MR) is 68.9 cm³/mol. The van der Waals surface area contributed by atoms with Crippen LogP contribution >= 0.6 is 0 Å². The van der Waals surface area contributed by atoms with Gasteiger partial charge in [0.15, 0.2) is 5.78 Å². The first-order valence-electron chi connectivity index (χ1n) is 5.23. The van der Waals surface area contributed by atoms with Crippen LogP contribution in [0.25, 0.3) is 0 Å². The lowest BCUT2D eigenvalue weighted by atomic mass is 10.0. The Hall–Kier alpha value is -1.98. The van der Waals surface area contributed by atoms with E-state index in [-0.39, 0.29) is 11.5 Å². The standard InChI is InChI=1S/C13H11NO3S/c15-13(10-6-2-1-3-7-10)11-8-4-5-9-12(11)14-18(16)17/h1-9,14H,(H,16,17)/p-1. The Morgan fingerprint density at radius 1 is 1.00 bits per heavy atom. The summed E-state index contributed by atoms with van der Waals surface area (Å²) in [6.07, 6.45) is 0. The van der Waals surface area contributed by atoms with E-state index in [1.165, 1.54) is 0 Å². The van der Waals surface area contributed by atoms with E-state index in [0.717, 1.165) is 0 Å². The van der Waals surface area contributed by atoms with E-state index in [2.05, 4.69) is 4.72 Å². The molecule has 0 saturated heterocycles. The molecule has 0 aliphatic carbocycles. The highest BCUT2D eigenvalue weighted by molar-refractivity contribution is 7.80. The molecule has 0 spiro atoms. The molecule has 0 aliphatic rings. The zero-order chi connectivity index (χ0) is 13.0. The van der Waals surface area contributed by atoms with Gasteiger partial charge in [0.2, 0.25) is 0 Å². The van der Waals surface area contributed by atoms with Crippen LogP contribution in [0.4, 0.5) is 5.69 Å². The summed E-state index contributed by atoms with van der Waals surface area (Å²) in [7, 11) is 0. The van der Waals surface area contributed by atoms with E-state index in [0.29, 0.717) is 11.1 Å². The molecule has 92 valence electrons. The average molecular weight is 260 g/mol. The van der Waals surface area contributed by atoms with Gasteiger partial charge in [-0.3, -0.25) is 9.00 Å². The van der Waals surface area contributed by atoms with E-state index in [1.54, 1.807) is 48.5 Å². The summed E-state index contributed by atoms with van der Waals surface area (Å²) in [5.41, 5.74) is 1.12. The molecule has 0 fully saturated rings. The van der Waals surface area contributed by atoms with E-state index in [1.807, 2.05) is 6.07 Å². The number of benzene rings is 2. The molecule has 1 N–H and O–H groups in total. The molecule has 0 heterocycles. The second-order valence-electron chi connectivity index (χ2n) is 3.58. The first-order chi connectivity index (χ1) is 8.68. The second kappa shape index (κ2) is 5.57. The molecule has 0 saturated carbocycles. The lowest BCUT2D eigenvalue weighted by molar-refractivity contribution is 0.103. The minimum Gasteiger partial charge on any atom is -0.755 e. The fourth-order valence-electron chi connectivity index (χ4n) is 1.60. The number of hydrogen-bond donors (Lipinski definition) is 1. The van der Waals surface area contributed by atoms with Crippen LogP contribution in [-0.4, -0.2) is 14.5 Å². The first-order valence-corrected chi connectivity index (χ1v) is 6.30. The van der Waals surface area contributed by atoms with Crippen LogP contribution < -0.4 is 4.72 Å². The number of hydrogen-bond acceptors (Lipinski definition) is 3. The molecule has 4 nitrogen and oxygen atoms in total. The molecular weight excluding hydrogens is 250 g/mol. The molecule has 2 aromatic rings. The number of ketones is 1. The first kappa shape index (κ1) is 12.5. The van der Waals surface area contributed by atoms with E-state index >= 15 is 0 Å². The van der Waals surface area contributed by atoms with Crippen molar-refractivity contribution >= 4 is 22.7 Å². The maximum atomic E-state index is 12.2. The average Bonchev–Trinajstić information content (AvgIpc) is 2.39. The van der Waals surface area contributed by atoms with Crippen molar-refractivity contribution in [3.05, 3.63) is 65.7 Å². The maximum absolute atomic E-state index is 12.2. The van der Waals surface area contributed by atoms with Gasteiger partial charge in [0.1, 0.15) is 0 Å². The lowest BCUT2D eigenvalue weighted by Crippen LogP contribution is -2.09. The zero-order valence-corrected chi connectivity index (χ0v) is 10.1. The van der Waals surface area contributed by atoms with E-state index < -0.39 is 11.3 Å². The number of carbonyl (C=O) groups excluding carboxylic acids is 1. The van der Waals surface area contributed by atoms with Gasteiger partial charge in [-0.2, -0.15) is 0 Å². The molecule has 0 radical (unpaired) electrons. The Kier molecular flexibility index (Phi) is 3.86. The highest BCUT2D eigenvalue weighted by atomic mass is 32.2. The quantitative estimate of drug-likeness (QED) is 0.676. The summed E-state index contributed by atoms with van der Waals surface area (Å²) in [4.78, 5) is 12.2. The van der Waals surface area contributed by atoms with Crippen molar-refractivity contribution in [2.24, 2.45) is 0 Å². The van der Waals surface area contributed by atoms with Gasteiger partial charge in [-0.15, -0.1) is 0 Å². The predicted octanol–water partition coefficient (Wildman–Crippen LogP) is 2.12. The maximum Gasteiger partial charge on any atom is 0.195 e. The van der Waals surface area contributed by atoms with Crippen molar-refractivity contribution in [1.82, 2.24) is 0 Å². The SMILES string of the molecule is O=C(c1ccccc1)c1ccccc1NS(=O)[O-]. The Bertz CT molecular complexity index is 584. The van der Waals surface area contributed by atoms with Crippen molar-refractivity contribution in [3.63, 3.8) is 0 Å². The Morgan fingerprint density at radius 3 is 2.28 bits per heavy atom. The van der Waals surface area contributed by atoms with Crippen LogP contribution in [0.15, 0.2) is 54.6 Å². The number of anilines is 1. The van der Waals surface area contributed by atoms with Crippen molar-refractivity contribution in [2.75, 3.05) is 4.72 Å². The molecule has 0 aromatic heterocycles. The molecule has 1 unspecified atom stereocenters. The number of rotatable bonds is 4. The molecule has 1 atom stereocenters. The normalized spacial score (nSPS) is 11.8. The van der Waals surface area contributed by atoms with Crippen molar-refractivity contribution in [3.8, 4) is 0 Å². The van der Waals surface area contributed by atoms with Crippen molar-refractivity contribution < 1.29 is 13.6 Å². The van der Waals surface area contributed by atoms with Crippen molar-refractivity contribution in [2.45, 2.75) is 0 Å². The molecule has 2 aromatic carbocycles. The second-order valence-corrected chi connectivity index (χ2v) is 4.25. The molecule has 0 amide bonds. The molecule has 2 rings (SSSR count). The summed E-state index contributed by atoms with van der Waals surface area (Å²) in [5, 5.41) is 0. The Balaban J connectivity index is 2.39. The van der Waals surface area contributed by atoms with Gasteiger partial charge in [-0.25, -0.2) is 0 Å². The van der Waals surface area contributed by atoms with E-state index in [9.17, 15) is 13.6 Å². The minimum atomic E-state index is -2.45. The van der Waals surface area contributed by atoms with Gasteiger partial charge in [0.05, 0.1) is 5.69 Å². The molecule has 0 bridgehead atoms. The third-order valence-electron chi connectivity index (χ3n) is 2.40. The van der Waals surface area contributed by atoms with Crippen LogP contribution in [0.5, 0.6) is 0 Å². The van der Waals surface area contributed by atoms with Crippen LogP contribution in [0.1, 0.15) is 15.9 Å². The smallest absolute Gasteiger partial charge is 0.195 e. The van der Waals surface area contributed by atoms with Crippen LogP contribution in [0.2, 0.25) is 0 Å². The summed E-state index contributed by atoms with van der Waals surface area (Å²) in [5.74, 6) is -0.218. The topological polar surface area (TPSA) is 69.2 Å². The molecule has 18 heavy (non-hydrogen) atoms. The number of carbonyl (C=O) groups is 1. The minimum absolute atomic E-state index is 0.218. The fraction of sp³-hybridized carbons (Fsp3) is 0. The van der Waals surface area contributed by atoms with Gasteiger partial charge >= 0.3 is 0 Å². The summed E-state index contributed by atoms with van der Waals surface area (Å²) >= 11 is -2.45.